The molecular weight excluding hydrogens is 454 g/mol. The van der Waals surface area contributed by atoms with Gasteiger partial charge in [-0.2, -0.15) is 0 Å². The number of Topliss-reactive ketones (excluding diaryl/α,β-unsaturated/α-hetero) is 1. The highest BCUT2D eigenvalue weighted by atomic mass is 16.5. The molecule has 0 heterocycles. The van der Waals surface area contributed by atoms with Crippen LogP contribution in [0.25, 0.3) is 0 Å². The fourth-order valence-electron chi connectivity index (χ4n) is 5.50. The number of hydrogen-bond acceptors (Lipinski definition) is 6. The van der Waals surface area contributed by atoms with Gasteiger partial charge in [0.05, 0.1) is 6.10 Å². The number of aromatic hydroxyl groups is 2. The molecule has 2 aromatic carbocycles. The predicted molar refractivity (Wildman–Crippen MR) is 141 cm³/mol. The number of benzene rings is 2. The number of phenolic OH excluding ortho intramolecular Hbond substituents is 2. The number of nitrogens with one attached hydrogen (secondary N) is 1. The average molecular weight is 496 g/mol. The zero-order valence-corrected chi connectivity index (χ0v) is 21.3. The summed E-state index contributed by atoms with van der Waals surface area (Å²) in [5.41, 5.74) is 4.81. The van der Waals surface area contributed by atoms with Gasteiger partial charge in [0.1, 0.15) is 0 Å². The van der Waals surface area contributed by atoms with Crippen LogP contribution in [0.3, 0.4) is 0 Å². The van der Waals surface area contributed by atoms with Crippen LogP contribution in [-0.2, 0) is 24.0 Å². The van der Waals surface area contributed by atoms with Gasteiger partial charge in [-0.05, 0) is 93.2 Å². The van der Waals surface area contributed by atoms with E-state index < -0.39 is 6.10 Å². The zero-order chi connectivity index (χ0) is 25.3. The Morgan fingerprint density at radius 3 is 2.58 bits per heavy atom. The molecule has 0 bridgehead atoms. The van der Waals surface area contributed by atoms with Crippen molar-refractivity contribution in [3.8, 4) is 11.5 Å². The Labute approximate surface area is 214 Å². The number of carbonyl (C=O) groups excluding carboxylic acids is 1. The first-order chi connectivity index (χ1) is 17.5. The van der Waals surface area contributed by atoms with Crippen molar-refractivity contribution in [2.24, 2.45) is 0 Å². The first-order valence-corrected chi connectivity index (χ1v) is 13.7. The van der Waals surface area contributed by atoms with E-state index >= 15 is 0 Å². The van der Waals surface area contributed by atoms with Crippen LogP contribution in [0.4, 0.5) is 0 Å². The number of aliphatic hydroxyl groups excluding tert-OH is 1. The van der Waals surface area contributed by atoms with Gasteiger partial charge in [-0.1, -0.05) is 31.0 Å². The maximum absolute atomic E-state index is 12.1. The first-order valence-electron chi connectivity index (χ1n) is 13.7. The monoisotopic (exact) mass is 495 g/mol. The number of aliphatic hydroxyl groups is 1. The molecule has 0 aromatic heterocycles. The van der Waals surface area contributed by atoms with E-state index in [1.54, 1.807) is 6.07 Å². The molecule has 0 spiro atoms. The highest BCUT2D eigenvalue weighted by Crippen LogP contribution is 2.39. The van der Waals surface area contributed by atoms with Crippen molar-refractivity contribution >= 4 is 5.78 Å². The molecule has 0 aliphatic heterocycles. The van der Waals surface area contributed by atoms with Crippen molar-refractivity contribution in [1.82, 2.24) is 5.32 Å². The van der Waals surface area contributed by atoms with E-state index in [9.17, 15) is 20.1 Å². The van der Waals surface area contributed by atoms with E-state index in [1.165, 1.54) is 17.2 Å². The Hall–Kier alpha value is -2.41. The Bertz CT molecular complexity index is 1020. The third-order valence-corrected chi connectivity index (χ3v) is 7.65. The van der Waals surface area contributed by atoms with Gasteiger partial charge in [-0.3, -0.25) is 4.79 Å². The maximum Gasteiger partial charge on any atom is 0.163 e. The van der Waals surface area contributed by atoms with E-state index in [-0.39, 0.29) is 17.5 Å². The molecule has 2 aliphatic rings. The number of ether oxygens (including phenoxy) is 1. The smallest absolute Gasteiger partial charge is 0.163 e. The summed E-state index contributed by atoms with van der Waals surface area (Å²) in [6.07, 6.45) is 10.9. The summed E-state index contributed by atoms with van der Waals surface area (Å²) in [6, 6.07) is 9.56. The number of fused-ring (bicyclic) bond motifs is 2. The lowest BCUT2D eigenvalue weighted by molar-refractivity contribution is 0.0972. The van der Waals surface area contributed by atoms with Gasteiger partial charge in [0.15, 0.2) is 17.3 Å². The summed E-state index contributed by atoms with van der Waals surface area (Å²) in [6.45, 7) is 2.45. The third kappa shape index (κ3) is 6.87. The van der Waals surface area contributed by atoms with Crippen molar-refractivity contribution in [1.29, 1.82) is 0 Å². The Balaban J connectivity index is 1.000. The van der Waals surface area contributed by atoms with Crippen LogP contribution in [0.5, 0.6) is 11.5 Å². The van der Waals surface area contributed by atoms with Crippen LogP contribution >= 0.6 is 0 Å². The number of hydrogen-bond donors (Lipinski definition) is 4. The lowest BCUT2D eigenvalue weighted by atomic mass is 9.85. The molecule has 4 rings (SSSR count). The Morgan fingerprint density at radius 1 is 0.917 bits per heavy atom. The number of phenols is 2. The first kappa shape index (κ1) is 26.6. The molecule has 2 aliphatic carbocycles. The quantitative estimate of drug-likeness (QED) is 0.226. The number of rotatable bonds is 13. The van der Waals surface area contributed by atoms with Crippen molar-refractivity contribution < 1.29 is 24.9 Å². The van der Waals surface area contributed by atoms with Gasteiger partial charge < -0.3 is 25.4 Å². The molecule has 0 saturated carbocycles. The highest BCUT2D eigenvalue weighted by molar-refractivity contribution is 5.98. The number of carbonyl (C=O) groups is 1. The summed E-state index contributed by atoms with van der Waals surface area (Å²) in [4.78, 5) is 12.1. The van der Waals surface area contributed by atoms with E-state index in [0.717, 1.165) is 89.5 Å². The number of unbranched alkanes of at least 4 members (excludes halogenated alkanes) is 4. The fourth-order valence-corrected chi connectivity index (χ4v) is 5.50. The van der Waals surface area contributed by atoms with Gasteiger partial charge in [0.25, 0.3) is 0 Å². The molecule has 2 atom stereocenters. The minimum absolute atomic E-state index is 0.0217. The van der Waals surface area contributed by atoms with Crippen molar-refractivity contribution in [2.75, 3.05) is 19.8 Å². The van der Waals surface area contributed by atoms with Gasteiger partial charge in [-0.15, -0.1) is 0 Å². The summed E-state index contributed by atoms with van der Waals surface area (Å²) >= 11 is 0. The van der Waals surface area contributed by atoms with Crippen LogP contribution in [0.1, 0.15) is 96.5 Å². The predicted octanol–water partition coefficient (Wildman–Crippen LogP) is 5.15. The van der Waals surface area contributed by atoms with E-state index in [1.807, 2.05) is 0 Å². The van der Waals surface area contributed by atoms with Crippen LogP contribution in [0.15, 0.2) is 30.3 Å². The second kappa shape index (κ2) is 13.2. The van der Waals surface area contributed by atoms with Crippen LogP contribution in [0, 0.1) is 0 Å². The summed E-state index contributed by atoms with van der Waals surface area (Å²) in [5, 5.41) is 33.8. The molecule has 6 nitrogen and oxygen atoms in total. The normalized spacial score (nSPS) is 19.2. The summed E-state index contributed by atoms with van der Waals surface area (Å²) in [5.74, 6) is 0.0807. The molecule has 0 saturated heterocycles. The zero-order valence-electron chi connectivity index (χ0n) is 21.3. The highest BCUT2D eigenvalue weighted by Gasteiger charge is 2.30. The number of ketones is 1. The minimum Gasteiger partial charge on any atom is -0.504 e. The fraction of sp³-hybridized carbons (Fsp3) is 0.567. The molecule has 36 heavy (non-hydrogen) atoms. The lowest BCUT2D eigenvalue weighted by Crippen LogP contribution is -2.38. The Morgan fingerprint density at radius 2 is 1.72 bits per heavy atom. The van der Waals surface area contributed by atoms with Crippen LogP contribution in [-0.4, -0.2) is 46.9 Å². The molecule has 0 amide bonds. The van der Waals surface area contributed by atoms with E-state index in [2.05, 4.69) is 23.5 Å². The van der Waals surface area contributed by atoms with Crippen molar-refractivity contribution in [3.63, 3.8) is 0 Å². The summed E-state index contributed by atoms with van der Waals surface area (Å²) in [7, 11) is 0. The summed E-state index contributed by atoms with van der Waals surface area (Å²) < 4.78 is 5.81. The topological polar surface area (TPSA) is 99.0 Å². The second-order valence-corrected chi connectivity index (χ2v) is 10.3. The van der Waals surface area contributed by atoms with Crippen LogP contribution in [0.2, 0.25) is 0 Å². The average Bonchev–Trinajstić information content (AvgIpc) is 2.88. The maximum atomic E-state index is 12.1. The van der Waals surface area contributed by atoms with Crippen molar-refractivity contribution in [2.45, 2.75) is 89.2 Å². The van der Waals surface area contributed by atoms with Crippen molar-refractivity contribution in [3.05, 3.63) is 58.1 Å². The Kier molecular flexibility index (Phi) is 9.79. The molecule has 0 radical (unpaired) electrons. The molecule has 0 unspecified atom stereocenters. The minimum atomic E-state index is -0.664. The molecule has 2 aromatic rings. The number of aryl methyl sites for hydroxylation is 2. The molecule has 0 fully saturated rings. The lowest BCUT2D eigenvalue weighted by Gasteiger charge is -2.31. The van der Waals surface area contributed by atoms with E-state index in [0.29, 0.717) is 29.8 Å². The van der Waals surface area contributed by atoms with Crippen LogP contribution < -0.4 is 5.32 Å². The van der Waals surface area contributed by atoms with Gasteiger partial charge in [-0.25, -0.2) is 0 Å². The molecule has 4 N–H and O–H groups in total. The molecular formula is C30H41NO5. The SMILES string of the molecule is O=C1CCCc2ccc(CCCCOCCCCCCN[C@@H]3CCc4c(ccc(O)c4O)[C@H]3O)cc21. The van der Waals surface area contributed by atoms with Gasteiger partial charge >= 0.3 is 0 Å². The van der Waals surface area contributed by atoms with Gasteiger partial charge in [0, 0.05) is 36.8 Å². The largest absolute Gasteiger partial charge is 0.504 e. The standard InChI is InChI=1S/C30H41NO5/c32-27-10-7-9-22-12-11-21(20-25(22)27)8-3-6-19-36-18-5-2-1-4-17-31-26-15-13-24-23(29(26)34)14-16-28(33)30(24)35/h11-12,14,16,20,26,29,31,33-35H,1-10,13,15,17-19H2/t26-,29-/m1/s1. The van der Waals surface area contributed by atoms with Gasteiger partial charge in [0.2, 0.25) is 0 Å². The second-order valence-electron chi connectivity index (χ2n) is 10.3. The molecule has 6 heteroatoms. The third-order valence-electron chi connectivity index (χ3n) is 7.65. The molecule has 196 valence electrons. The van der Waals surface area contributed by atoms with E-state index in [4.69, 9.17) is 4.74 Å².